The summed E-state index contributed by atoms with van der Waals surface area (Å²) in [5.41, 5.74) is 2.48. The van der Waals surface area contributed by atoms with Crippen molar-refractivity contribution in [2.75, 3.05) is 13.6 Å². The molecule has 8 heteroatoms. The molecule has 3 rings (SSSR count). The van der Waals surface area contributed by atoms with Gasteiger partial charge in [0, 0.05) is 37.2 Å². The van der Waals surface area contributed by atoms with E-state index in [4.69, 9.17) is 0 Å². The number of para-hydroxylation sites is 1. The number of H-pyrrole nitrogens is 1. The molecule has 0 saturated carbocycles. The van der Waals surface area contributed by atoms with Crippen LogP contribution in [0.2, 0.25) is 0 Å². The molecular formula is C17H24IN7. The van der Waals surface area contributed by atoms with Gasteiger partial charge in [-0.15, -0.1) is 34.2 Å². The lowest BCUT2D eigenvalue weighted by atomic mass is 10.1. The maximum atomic E-state index is 4.25. The van der Waals surface area contributed by atoms with Gasteiger partial charge in [0.15, 0.2) is 11.8 Å². The number of nitrogens with zero attached hydrogens (tertiary/aromatic N) is 4. The van der Waals surface area contributed by atoms with Gasteiger partial charge in [-0.2, -0.15) is 0 Å². The Morgan fingerprint density at radius 3 is 2.92 bits per heavy atom. The van der Waals surface area contributed by atoms with Gasteiger partial charge < -0.3 is 20.2 Å². The van der Waals surface area contributed by atoms with E-state index in [1.165, 1.54) is 16.5 Å². The van der Waals surface area contributed by atoms with Crippen molar-refractivity contribution in [3.63, 3.8) is 0 Å². The van der Waals surface area contributed by atoms with Crippen molar-refractivity contribution in [1.82, 2.24) is 30.4 Å². The molecule has 7 nitrogen and oxygen atoms in total. The van der Waals surface area contributed by atoms with Crippen LogP contribution in [0.15, 0.2) is 41.8 Å². The van der Waals surface area contributed by atoms with E-state index in [0.29, 0.717) is 6.54 Å². The number of fused-ring (bicyclic) bond motifs is 1. The summed E-state index contributed by atoms with van der Waals surface area (Å²) in [6, 6.07) is 8.35. The highest BCUT2D eigenvalue weighted by Crippen LogP contribution is 2.17. The van der Waals surface area contributed by atoms with E-state index in [9.17, 15) is 0 Å². The molecule has 0 aliphatic rings. The number of benzene rings is 1. The van der Waals surface area contributed by atoms with Gasteiger partial charge >= 0.3 is 0 Å². The normalized spacial score (nSPS) is 11.4. The van der Waals surface area contributed by atoms with E-state index < -0.39 is 0 Å². The van der Waals surface area contributed by atoms with Gasteiger partial charge in [-0.25, -0.2) is 0 Å². The zero-order chi connectivity index (χ0) is 16.8. The Morgan fingerprint density at radius 2 is 2.12 bits per heavy atom. The first-order chi connectivity index (χ1) is 11.8. The van der Waals surface area contributed by atoms with Crippen LogP contribution in [0, 0.1) is 0 Å². The number of guanidine groups is 1. The number of nitrogens with one attached hydrogen (secondary N) is 3. The summed E-state index contributed by atoms with van der Waals surface area (Å²) in [5, 5.41) is 15.9. The molecule has 3 aromatic rings. The van der Waals surface area contributed by atoms with Crippen LogP contribution >= 0.6 is 24.0 Å². The third kappa shape index (κ3) is 4.71. The summed E-state index contributed by atoms with van der Waals surface area (Å²) >= 11 is 0. The summed E-state index contributed by atoms with van der Waals surface area (Å²) in [4.78, 5) is 7.56. The Kier molecular flexibility index (Phi) is 7.23. The lowest BCUT2D eigenvalue weighted by molar-refractivity contribution is 0.669. The highest BCUT2D eigenvalue weighted by molar-refractivity contribution is 14.0. The lowest BCUT2D eigenvalue weighted by Gasteiger charge is -2.11. The lowest BCUT2D eigenvalue weighted by Crippen LogP contribution is -2.38. The maximum absolute atomic E-state index is 4.25. The van der Waals surface area contributed by atoms with Gasteiger partial charge in [0.2, 0.25) is 0 Å². The molecule has 0 radical (unpaired) electrons. The molecule has 0 atom stereocenters. The van der Waals surface area contributed by atoms with Crippen molar-refractivity contribution >= 4 is 40.8 Å². The van der Waals surface area contributed by atoms with Crippen molar-refractivity contribution in [1.29, 1.82) is 0 Å². The summed E-state index contributed by atoms with van der Waals surface area (Å²) in [5.74, 6) is 1.66. The fraction of sp³-hybridized carbons (Fsp3) is 0.353. The largest absolute Gasteiger partial charge is 0.361 e. The third-order valence-corrected chi connectivity index (χ3v) is 4.04. The van der Waals surface area contributed by atoms with Crippen molar-refractivity contribution in [3.8, 4) is 0 Å². The molecule has 0 fully saturated rings. The molecule has 2 heterocycles. The summed E-state index contributed by atoms with van der Waals surface area (Å²) < 4.78 is 2.01. The predicted molar refractivity (Wildman–Crippen MR) is 111 cm³/mol. The molecule has 0 amide bonds. The highest BCUT2D eigenvalue weighted by atomic mass is 127. The number of rotatable bonds is 6. The number of aromatic nitrogens is 4. The van der Waals surface area contributed by atoms with Crippen LogP contribution in [0.4, 0.5) is 0 Å². The molecule has 0 unspecified atom stereocenters. The van der Waals surface area contributed by atoms with E-state index in [1.54, 1.807) is 13.4 Å². The number of halogens is 1. The van der Waals surface area contributed by atoms with Gasteiger partial charge in [0.05, 0.1) is 6.54 Å². The second kappa shape index (κ2) is 9.40. The van der Waals surface area contributed by atoms with E-state index >= 15 is 0 Å². The Morgan fingerprint density at radius 1 is 1.28 bits per heavy atom. The number of aryl methyl sites for hydroxylation is 1. The van der Waals surface area contributed by atoms with Crippen LogP contribution in [-0.4, -0.2) is 39.3 Å². The molecule has 0 saturated heterocycles. The minimum atomic E-state index is 0. The second-order valence-electron chi connectivity index (χ2n) is 5.50. The van der Waals surface area contributed by atoms with Crippen LogP contribution in [0.1, 0.15) is 18.3 Å². The number of hydrogen-bond acceptors (Lipinski definition) is 3. The van der Waals surface area contributed by atoms with Crippen molar-refractivity contribution in [2.24, 2.45) is 4.99 Å². The van der Waals surface area contributed by atoms with E-state index in [0.717, 1.165) is 31.3 Å². The highest BCUT2D eigenvalue weighted by Gasteiger charge is 2.05. The first-order valence-corrected chi connectivity index (χ1v) is 8.18. The SMILES string of the molecule is CCn1cnnc1CNC(=NC)NCCc1c[nH]c2ccccc12.I. The number of aromatic amines is 1. The molecule has 134 valence electrons. The van der Waals surface area contributed by atoms with Crippen LogP contribution in [0.5, 0.6) is 0 Å². The smallest absolute Gasteiger partial charge is 0.191 e. The molecule has 2 aromatic heterocycles. The molecular weight excluding hydrogens is 429 g/mol. The fourth-order valence-corrected chi connectivity index (χ4v) is 2.72. The number of hydrogen-bond donors (Lipinski definition) is 3. The monoisotopic (exact) mass is 453 g/mol. The summed E-state index contributed by atoms with van der Waals surface area (Å²) in [6.45, 7) is 4.33. The molecule has 0 aliphatic carbocycles. The fourth-order valence-electron chi connectivity index (χ4n) is 2.72. The Balaban J connectivity index is 0.00000225. The molecule has 1 aromatic carbocycles. The summed E-state index contributed by atoms with van der Waals surface area (Å²) in [6.07, 6.45) is 4.74. The van der Waals surface area contributed by atoms with Crippen LogP contribution in [0.3, 0.4) is 0 Å². The van der Waals surface area contributed by atoms with Crippen LogP contribution < -0.4 is 10.6 Å². The Labute approximate surface area is 164 Å². The first-order valence-electron chi connectivity index (χ1n) is 8.18. The minimum Gasteiger partial charge on any atom is -0.361 e. The standard InChI is InChI=1S/C17H23N7.HI/c1-3-24-12-22-23-16(24)11-21-17(18-2)19-9-8-13-10-20-15-7-5-4-6-14(13)15;/h4-7,10,12,20H,3,8-9,11H2,1-2H3,(H2,18,19,21);1H. The second-order valence-corrected chi connectivity index (χ2v) is 5.50. The van der Waals surface area contributed by atoms with Gasteiger partial charge in [0.25, 0.3) is 0 Å². The van der Waals surface area contributed by atoms with E-state index in [2.05, 4.69) is 62.1 Å². The maximum Gasteiger partial charge on any atom is 0.191 e. The zero-order valence-corrected chi connectivity index (χ0v) is 16.8. The van der Waals surface area contributed by atoms with Crippen LogP contribution in [-0.2, 0) is 19.5 Å². The molecule has 25 heavy (non-hydrogen) atoms. The Hall–Kier alpha value is -2.10. The average molecular weight is 453 g/mol. The van der Waals surface area contributed by atoms with Crippen LogP contribution in [0.25, 0.3) is 10.9 Å². The Bertz CT molecular complexity index is 821. The van der Waals surface area contributed by atoms with Gasteiger partial charge in [-0.1, -0.05) is 18.2 Å². The van der Waals surface area contributed by atoms with Crippen molar-refractivity contribution < 1.29 is 0 Å². The molecule has 0 bridgehead atoms. The van der Waals surface area contributed by atoms with E-state index in [-0.39, 0.29) is 24.0 Å². The van der Waals surface area contributed by atoms with Crippen molar-refractivity contribution in [2.45, 2.75) is 26.4 Å². The summed E-state index contributed by atoms with van der Waals surface area (Å²) in [7, 11) is 1.77. The van der Waals surface area contributed by atoms with Crippen molar-refractivity contribution in [3.05, 3.63) is 48.2 Å². The quantitative estimate of drug-likeness (QED) is 0.304. The predicted octanol–water partition coefficient (Wildman–Crippen LogP) is 2.31. The molecule has 0 aliphatic heterocycles. The van der Waals surface area contributed by atoms with E-state index in [1.807, 2.05) is 10.6 Å². The number of aliphatic imine (C=N–C) groups is 1. The first kappa shape index (κ1) is 19.2. The van der Waals surface area contributed by atoms with Gasteiger partial charge in [-0.3, -0.25) is 4.99 Å². The average Bonchev–Trinajstić information content (AvgIpc) is 3.24. The zero-order valence-electron chi connectivity index (χ0n) is 14.5. The topological polar surface area (TPSA) is 82.9 Å². The third-order valence-electron chi connectivity index (χ3n) is 4.04. The molecule has 0 spiro atoms. The molecule has 3 N–H and O–H groups in total. The van der Waals surface area contributed by atoms with Gasteiger partial charge in [0.1, 0.15) is 6.33 Å². The minimum absolute atomic E-state index is 0. The van der Waals surface area contributed by atoms with Gasteiger partial charge in [-0.05, 0) is 25.0 Å².